The van der Waals surface area contributed by atoms with Crippen LogP contribution in [-0.2, 0) is 49.5 Å². The van der Waals surface area contributed by atoms with Crippen LogP contribution in [-0.4, -0.2) is 110 Å². The highest BCUT2D eigenvalue weighted by atomic mass is 16.6. The molecule has 3 aliphatic heterocycles. The number of ether oxygens (including phenoxy) is 5. The average molecular weight is 791 g/mol. The number of nitriles is 1. The number of amides is 1. The number of fused-ring (bicyclic) bond motifs is 6. The van der Waals surface area contributed by atoms with Crippen LogP contribution < -0.4 is 19.5 Å². The number of nitrogens with one attached hydrogen (secondary N) is 1. The van der Waals surface area contributed by atoms with Crippen LogP contribution in [0.3, 0.4) is 0 Å². The first-order chi connectivity index (χ1) is 26.5. The summed E-state index contributed by atoms with van der Waals surface area (Å²) >= 11 is 0. The highest BCUT2D eigenvalue weighted by Crippen LogP contribution is 2.55. The largest absolute Gasteiger partial charge is 0.492 e. The van der Waals surface area contributed by atoms with Gasteiger partial charge in [-0.15, -0.1) is 0 Å². The number of ketones is 3. The first kappa shape index (κ1) is 42.7. The standard InChI is InChI=1S/C41H50N4O12/c1-18-31(48)21-13-23-25(15-42)45-24(30(44(23)10)29(21)32(49)34(18)53-11)14-22-28(26(45)16-43-37(50)20(3)46)36(57-39(52)41(7,8)9)35(54-12)19(2)33(22)56-27(47)17-55-38(51)40(4,5)6/h23-26,30H,13-14,16-17H2,1-12H3,(H,43,50)/t23-,24-,25-,26-,30-/m0/s1. The molecule has 1 aromatic carbocycles. The molecule has 0 radical (unpaired) electrons. The van der Waals surface area contributed by atoms with Crippen molar-refractivity contribution in [3.05, 3.63) is 39.2 Å². The van der Waals surface area contributed by atoms with Gasteiger partial charge in [0.1, 0.15) is 11.8 Å². The Hall–Kier alpha value is -5.40. The second-order valence-electron chi connectivity index (χ2n) is 16.8. The molecule has 1 N–H and O–H groups in total. The summed E-state index contributed by atoms with van der Waals surface area (Å²) in [5, 5.41) is 13.6. The first-order valence-corrected chi connectivity index (χ1v) is 18.6. The molecule has 0 spiro atoms. The number of carbonyl (C=O) groups is 7. The monoisotopic (exact) mass is 790 g/mol. The highest BCUT2D eigenvalue weighted by molar-refractivity contribution is 6.35. The van der Waals surface area contributed by atoms with E-state index >= 15 is 0 Å². The van der Waals surface area contributed by atoms with Gasteiger partial charge in [-0.05, 0) is 75.3 Å². The van der Waals surface area contributed by atoms with Crippen molar-refractivity contribution in [3.63, 3.8) is 0 Å². The molecule has 306 valence electrons. The topological polar surface area (TPSA) is 208 Å². The van der Waals surface area contributed by atoms with Crippen molar-refractivity contribution in [1.29, 1.82) is 5.26 Å². The Bertz CT molecular complexity index is 2080. The summed E-state index contributed by atoms with van der Waals surface area (Å²) in [6.45, 7) is 13.0. The van der Waals surface area contributed by atoms with Crippen molar-refractivity contribution >= 4 is 41.2 Å². The van der Waals surface area contributed by atoms with Crippen molar-refractivity contribution in [3.8, 4) is 23.3 Å². The number of esters is 3. The van der Waals surface area contributed by atoms with E-state index in [1.807, 2.05) is 9.80 Å². The average Bonchev–Trinajstić information content (AvgIpc) is 3.12. The third kappa shape index (κ3) is 7.46. The number of rotatable bonds is 9. The summed E-state index contributed by atoms with van der Waals surface area (Å²) in [6.07, 6.45) is -0.00768. The summed E-state index contributed by atoms with van der Waals surface area (Å²) in [7, 11) is 4.40. The van der Waals surface area contributed by atoms with Gasteiger partial charge in [0, 0.05) is 59.0 Å². The SMILES string of the molecule is COC1=C(C)C(=O)C2=C(C1=O)[C@@H]1[C@@H]3Cc4c(OC(=O)COC(=O)C(C)(C)C)c(C)c(OC)c(OC(=O)C(C)(C)C)c4[C@H](CNC(=O)C(C)=O)N3[C@@H](C#N)[C@H](C2)N1C. The zero-order valence-corrected chi connectivity index (χ0v) is 34.5. The molecule has 57 heavy (non-hydrogen) atoms. The maximum Gasteiger partial charge on any atom is 0.349 e. The lowest BCUT2D eigenvalue weighted by Crippen LogP contribution is -2.72. The number of hydrogen-bond donors (Lipinski definition) is 1. The van der Waals surface area contributed by atoms with Gasteiger partial charge in [-0.2, -0.15) is 5.26 Å². The van der Waals surface area contributed by atoms with E-state index in [1.54, 1.807) is 55.5 Å². The van der Waals surface area contributed by atoms with Gasteiger partial charge >= 0.3 is 17.9 Å². The lowest BCUT2D eigenvalue weighted by Gasteiger charge is -2.60. The molecule has 16 nitrogen and oxygen atoms in total. The van der Waals surface area contributed by atoms with Crippen molar-refractivity contribution in [1.82, 2.24) is 15.1 Å². The number of methoxy groups -OCH3 is 2. The number of piperazine rings is 1. The maximum absolute atomic E-state index is 14.3. The molecule has 0 unspecified atom stereocenters. The van der Waals surface area contributed by atoms with Gasteiger partial charge in [0.2, 0.25) is 11.6 Å². The minimum Gasteiger partial charge on any atom is -0.492 e. The van der Waals surface area contributed by atoms with E-state index in [-0.39, 0.29) is 76.0 Å². The van der Waals surface area contributed by atoms with Crippen molar-refractivity contribution in [2.75, 3.05) is 34.4 Å². The quantitative estimate of drug-likeness (QED) is 0.165. The van der Waals surface area contributed by atoms with Crippen LogP contribution in [0, 0.1) is 29.1 Å². The minimum atomic E-state index is -1.07. The van der Waals surface area contributed by atoms with Crippen LogP contribution in [0.15, 0.2) is 22.5 Å². The fourth-order valence-electron chi connectivity index (χ4n) is 8.10. The molecule has 1 amide bonds. The molecule has 1 fully saturated rings. The van der Waals surface area contributed by atoms with E-state index in [9.17, 15) is 38.8 Å². The number of benzene rings is 1. The molecule has 0 aromatic heterocycles. The molecule has 2 bridgehead atoms. The summed E-state index contributed by atoms with van der Waals surface area (Å²) in [5.41, 5.74) is -0.559. The normalized spacial score (nSPS) is 23.4. The Morgan fingerprint density at radius 3 is 2.04 bits per heavy atom. The number of Topliss-reactive ketones (excluding diaryl/α,β-unsaturated/α-hetero) is 3. The van der Waals surface area contributed by atoms with Gasteiger partial charge in [0.05, 0.1) is 43.2 Å². The Labute approximate surface area is 331 Å². The third-order valence-electron chi connectivity index (χ3n) is 10.9. The molecule has 3 heterocycles. The fourth-order valence-corrected chi connectivity index (χ4v) is 8.10. The Morgan fingerprint density at radius 2 is 1.49 bits per heavy atom. The molecule has 0 saturated carbocycles. The Balaban J connectivity index is 1.82. The minimum absolute atomic E-state index is 0.00779. The second-order valence-corrected chi connectivity index (χ2v) is 16.8. The Kier molecular flexibility index (Phi) is 11.6. The molecule has 1 saturated heterocycles. The van der Waals surface area contributed by atoms with Gasteiger partial charge in [0.15, 0.2) is 29.6 Å². The van der Waals surface area contributed by atoms with E-state index in [2.05, 4.69) is 11.4 Å². The van der Waals surface area contributed by atoms with Crippen LogP contribution in [0.2, 0.25) is 0 Å². The second kappa shape index (κ2) is 15.5. The number of nitrogens with zero attached hydrogens (tertiary/aromatic N) is 3. The molecule has 16 heteroatoms. The Morgan fingerprint density at radius 1 is 0.860 bits per heavy atom. The summed E-state index contributed by atoms with van der Waals surface area (Å²) < 4.78 is 28.7. The van der Waals surface area contributed by atoms with Crippen molar-refractivity contribution < 1.29 is 57.2 Å². The molecular weight excluding hydrogens is 740 g/mol. The van der Waals surface area contributed by atoms with E-state index in [1.165, 1.54) is 21.1 Å². The number of carbonyl (C=O) groups excluding carboxylic acids is 7. The number of likely N-dealkylation sites (N-methyl/N-ethyl adjacent to an activating group) is 1. The summed E-state index contributed by atoms with van der Waals surface area (Å²) in [5.74, 6) is -4.99. The molecule has 5 atom stereocenters. The molecule has 1 aliphatic carbocycles. The zero-order valence-electron chi connectivity index (χ0n) is 34.5. The fraction of sp³-hybridized carbons (Fsp3) is 0.561. The van der Waals surface area contributed by atoms with E-state index in [4.69, 9.17) is 23.7 Å². The van der Waals surface area contributed by atoms with Crippen LogP contribution in [0.25, 0.3) is 0 Å². The van der Waals surface area contributed by atoms with Crippen LogP contribution in [0.1, 0.15) is 84.5 Å². The van der Waals surface area contributed by atoms with Gasteiger partial charge in [-0.1, -0.05) is 0 Å². The molecular formula is C41H50N4O12. The number of allylic oxidation sites excluding steroid dienone is 2. The molecule has 5 rings (SSSR count). The smallest absolute Gasteiger partial charge is 0.349 e. The zero-order chi connectivity index (χ0) is 42.6. The van der Waals surface area contributed by atoms with Gasteiger partial charge in [0.25, 0.3) is 5.91 Å². The maximum atomic E-state index is 14.3. The highest BCUT2D eigenvalue weighted by Gasteiger charge is 2.59. The van der Waals surface area contributed by atoms with Crippen molar-refractivity contribution in [2.45, 2.75) is 105 Å². The summed E-state index contributed by atoms with van der Waals surface area (Å²) in [6, 6.07) is -1.96. The third-order valence-corrected chi connectivity index (χ3v) is 10.9. The van der Waals surface area contributed by atoms with Crippen LogP contribution >= 0.6 is 0 Å². The molecule has 4 aliphatic rings. The van der Waals surface area contributed by atoms with E-state index < -0.39 is 83.0 Å². The van der Waals surface area contributed by atoms with Gasteiger partial charge < -0.3 is 29.0 Å². The molecule has 1 aromatic rings. The predicted molar refractivity (Wildman–Crippen MR) is 201 cm³/mol. The lowest BCUT2D eigenvalue weighted by molar-refractivity contribution is -0.160. The summed E-state index contributed by atoms with van der Waals surface area (Å²) in [4.78, 5) is 96.8. The van der Waals surface area contributed by atoms with Gasteiger partial charge in [-0.3, -0.25) is 38.6 Å². The number of hydrogen-bond acceptors (Lipinski definition) is 15. The van der Waals surface area contributed by atoms with Gasteiger partial charge in [-0.25, -0.2) is 4.79 Å². The lowest BCUT2D eigenvalue weighted by atomic mass is 9.68. The van der Waals surface area contributed by atoms with E-state index in [0.717, 1.165) is 6.92 Å². The predicted octanol–water partition coefficient (Wildman–Crippen LogP) is 2.77. The van der Waals surface area contributed by atoms with Crippen LogP contribution in [0.5, 0.6) is 17.2 Å². The van der Waals surface area contributed by atoms with E-state index in [0.29, 0.717) is 5.56 Å². The van der Waals surface area contributed by atoms with Crippen LogP contribution in [0.4, 0.5) is 0 Å². The first-order valence-electron chi connectivity index (χ1n) is 18.6. The van der Waals surface area contributed by atoms with Crippen molar-refractivity contribution in [2.24, 2.45) is 10.8 Å².